The summed E-state index contributed by atoms with van der Waals surface area (Å²) in [5.41, 5.74) is -0.613. The highest BCUT2D eigenvalue weighted by Crippen LogP contribution is 2.32. The number of aromatic amines is 1. The molecular weight excluding hydrogens is 473 g/mol. The van der Waals surface area contributed by atoms with Crippen molar-refractivity contribution in [3.05, 3.63) is 58.9 Å². The molecule has 34 heavy (non-hydrogen) atoms. The molecule has 0 atom stereocenters. The summed E-state index contributed by atoms with van der Waals surface area (Å²) >= 11 is 0. The van der Waals surface area contributed by atoms with E-state index in [-0.39, 0.29) is 35.7 Å². The van der Waals surface area contributed by atoms with Crippen molar-refractivity contribution >= 4 is 40.9 Å². The van der Waals surface area contributed by atoms with Crippen LogP contribution in [0.1, 0.15) is 52.9 Å². The van der Waals surface area contributed by atoms with E-state index in [1.165, 1.54) is 31.4 Å². The van der Waals surface area contributed by atoms with E-state index >= 15 is 0 Å². The van der Waals surface area contributed by atoms with Crippen LogP contribution < -0.4 is 10.6 Å². The van der Waals surface area contributed by atoms with Crippen LogP contribution in [0.15, 0.2) is 36.4 Å². The van der Waals surface area contributed by atoms with Crippen LogP contribution in [0.2, 0.25) is 0 Å². The molecule has 0 unspecified atom stereocenters. The first-order valence-corrected chi connectivity index (χ1v) is 10.2. The molecular formula is C23H26ClF3N4O3. The van der Waals surface area contributed by atoms with Gasteiger partial charge in [-0.05, 0) is 29.7 Å². The summed E-state index contributed by atoms with van der Waals surface area (Å²) in [5, 5.41) is 5.30. The molecule has 0 spiro atoms. The van der Waals surface area contributed by atoms with E-state index in [0.717, 1.165) is 12.1 Å². The number of ether oxygens (including phenoxy) is 1. The number of rotatable bonds is 6. The number of alkyl halides is 3. The predicted octanol–water partition coefficient (Wildman–Crippen LogP) is 5.18. The number of hydrogen-bond acceptors (Lipinski definition) is 4. The van der Waals surface area contributed by atoms with Gasteiger partial charge in [0.1, 0.15) is 17.9 Å². The number of halogens is 4. The maximum absolute atomic E-state index is 13.3. The number of H-pyrrole nitrogens is 1. The molecule has 0 saturated heterocycles. The summed E-state index contributed by atoms with van der Waals surface area (Å²) in [4.78, 5) is 33.0. The third kappa shape index (κ3) is 6.48. The zero-order valence-corrected chi connectivity index (χ0v) is 19.9. The smallest absolute Gasteiger partial charge is 0.377 e. The highest BCUT2D eigenvalue weighted by atomic mass is 35.5. The van der Waals surface area contributed by atoms with E-state index in [1.807, 2.05) is 20.8 Å². The summed E-state index contributed by atoms with van der Waals surface area (Å²) in [5.74, 6) is -0.902. The lowest BCUT2D eigenvalue weighted by Crippen LogP contribution is -2.32. The number of fused-ring (bicyclic) bond motifs is 1. The van der Waals surface area contributed by atoms with Crippen molar-refractivity contribution in [2.24, 2.45) is 5.41 Å². The normalized spacial score (nSPS) is 11.7. The molecule has 11 heteroatoms. The van der Waals surface area contributed by atoms with Gasteiger partial charge in [0.15, 0.2) is 0 Å². The Kier molecular flexibility index (Phi) is 8.33. The summed E-state index contributed by atoms with van der Waals surface area (Å²) in [6.45, 7) is 6.44. The maximum Gasteiger partial charge on any atom is 0.417 e. The number of carbonyl (C=O) groups is 2. The van der Waals surface area contributed by atoms with E-state index in [4.69, 9.17) is 4.74 Å². The van der Waals surface area contributed by atoms with Crippen molar-refractivity contribution in [3.63, 3.8) is 0 Å². The van der Waals surface area contributed by atoms with Crippen molar-refractivity contribution in [2.45, 2.75) is 33.6 Å². The fourth-order valence-corrected chi connectivity index (χ4v) is 3.19. The number of anilines is 1. The molecule has 3 aromatic rings. The lowest BCUT2D eigenvalue weighted by molar-refractivity contribution is -0.137. The van der Waals surface area contributed by atoms with Crippen LogP contribution in [-0.2, 0) is 17.5 Å². The van der Waals surface area contributed by atoms with Crippen molar-refractivity contribution in [3.8, 4) is 0 Å². The first-order valence-electron chi connectivity index (χ1n) is 10.2. The molecule has 184 valence electrons. The average Bonchev–Trinajstić information content (AvgIpc) is 3.13. The standard InChI is InChI=1S/C23H25F3N4O3.ClH/c1-22(2,3)12-27-20(31)15-9-13(10-17-19(15)30-18(29-17)11-33-4)28-21(32)14-7-5-6-8-16(14)23(24,25)26;/h5-10H,11-12H2,1-4H3,(H,27,31)(H,28,32)(H,29,30);1H. The van der Waals surface area contributed by atoms with Crippen LogP contribution in [0, 0.1) is 5.41 Å². The van der Waals surface area contributed by atoms with Crippen molar-refractivity contribution in [2.75, 3.05) is 19.0 Å². The number of methoxy groups -OCH3 is 1. The number of imidazole rings is 1. The van der Waals surface area contributed by atoms with Gasteiger partial charge in [-0.3, -0.25) is 9.59 Å². The molecule has 7 nitrogen and oxygen atoms in total. The van der Waals surface area contributed by atoms with Gasteiger partial charge in [-0.2, -0.15) is 13.2 Å². The van der Waals surface area contributed by atoms with Crippen LogP contribution >= 0.6 is 12.4 Å². The van der Waals surface area contributed by atoms with Gasteiger partial charge in [-0.1, -0.05) is 32.9 Å². The molecule has 1 aromatic heterocycles. The van der Waals surface area contributed by atoms with Crippen LogP contribution in [0.25, 0.3) is 11.0 Å². The summed E-state index contributed by atoms with van der Waals surface area (Å²) < 4.78 is 45.0. The summed E-state index contributed by atoms with van der Waals surface area (Å²) in [6.07, 6.45) is -4.69. The van der Waals surface area contributed by atoms with Gasteiger partial charge in [-0.15, -0.1) is 12.4 Å². The Hall–Kier alpha value is -3.11. The molecule has 0 aliphatic carbocycles. The fraction of sp³-hybridized carbons (Fsp3) is 0.348. The number of nitrogens with one attached hydrogen (secondary N) is 3. The molecule has 0 fully saturated rings. The molecule has 0 saturated carbocycles. The minimum atomic E-state index is -4.69. The minimum absolute atomic E-state index is 0. The largest absolute Gasteiger partial charge is 0.417 e. The predicted molar refractivity (Wildman–Crippen MR) is 125 cm³/mol. The maximum atomic E-state index is 13.3. The number of benzene rings is 2. The van der Waals surface area contributed by atoms with Gasteiger partial charge in [0, 0.05) is 19.3 Å². The highest BCUT2D eigenvalue weighted by molar-refractivity contribution is 6.10. The van der Waals surface area contributed by atoms with Crippen LogP contribution in [0.3, 0.4) is 0 Å². The third-order valence-electron chi connectivity index (χ3n) is 4.68. The molecule has 1 heterocycles. The Morgan fingerprint density at radius 3 is 2.35 bits per heavy atom. The van der Waals surface area contributed by atoms with Gasteiger partial charge < -0.3 is 20.4 Å². The van der Waals surface area contributed by atoms with E-state index < -0.39 is 29.1 Å². The number of nitrogens with zero attached hydrogens (tertiary/aromatic N) is 1. The molecule has 2 amide bonds. The quantitative estimate of drug-likeness (QED) is 0.436. The van der Waals surface area contributed by atoms with Gasteiger partial charge in [0.25, 0.3) is 11.8 Å². The molecule has 0 aliphatic rings. The van der Waals surface area contributed by atoms with Crippen molar-refractivity contribution in [1.29, 1.82) is 0 Å². The number of carbonyl (C=O) groups excluding carboxylic acids is 2. The Balaban J connectivity index is 0.00000408. The van der Waals surface area contributed by atoms with Crippen LogP contribution in [-0.4, -0.2) is 35.4 Å². The third-order valence-corrected chi connectivity index (χ3v) is 4.68. The van der Waals surface area contributed by atoms with E-state index in [9.17, 15) is 22.8 Å². The molecule has 2 aromatic carbocycles. The second kappa shape index (κ2) is 10.4. The Morgan fingerprint density at radius 2 is 1.74 bits per heavy atom. The van der Waals surface area contributed by atoms with E-state index in [0.29, 0.717) is 23.4 Å². The molecule has 0 bridgehead atoms. The minimum Gasteiger partial charge on any atom is -0.377 e. The lowest BCUT2D eigenvalue weighted by Gasteiger charge is -2.19. The zero-order chi connectivity index (χ0) is 24.4. The topological polar surface area (TPSA) is 96.1 Å². The van der Waals surface area contributed by atoms with E-state index in [2.05, 4.69) is 20.6 Å². The second-order valence-electron chi connectivity index (χ2n) is 8.78. The first kappa shape index (κ1) is 27.1. The monoisotopic (exact) mass is 498 g/mol. The van der Waals surface area contributed by atoms with Crippen LogP contribution in [0.5, 0.6) is 0 Å². The first-order chi connectivity index (χ1) is 15.4. The van der Waals surface area contributed by atoms with Gasteiger partial charge in [0.2, 0.25) is 0 Å². The van der Waals surface area contributed by atoms with Gasteiger partial charge >= 0.3 is 6.18 Å². The van der Waals surface area contributed by atoms with Gasteiger partial charge in [0.05, 0.1) is 22.2 Å². The van der Waals surface area contributed by atoms with Gasteiger partial charge in [-0.25, -0.2) is 4.98 Å². The molecule has 3 rings (SSSR count). The molecule has 3 N–H and O–H groups in total. The number of aromatic nitrogens is 2. The Bertz CT molecular complexity index is 1190. The van der Waals surface area contributed by atoms with Crippen molar-refractivity contribution < 1.29 is 27.5 Å². The fourth-order valence-electron chi connectivity index (χ4n) is 3.19. The summed E-state index contributed by atoms with van der Waals surface area (Å²) in [7, 11) is 1.49. The zero-order valence-electron chi connectivity index (χ0n) is 19.1. The lowest BCUT2D eigenvalue weighted by atomic mass is 9.97. The molecule has 0 radical (unpaired) electrons. The number of amides is 2. The second-order valence-corrected chi connectivity index (χ2v) is 8.78. The Labute approximate surface area is 200 Å². The number of hydrogen-bond donors (Lipinski definition) is 3. The highest BCUT2D eigenvalue weighted by Gasteiger charge is 2.35. The molecule has 0 aliphatic heterocycles. The van der Waals surface area contributed by atoms with Crippen LogP contribution in [0.4, 0.5) is 18.9 Å². The average molecular weight is 499 g/mol. The van der Waals surface area contributed by atoms with Crippen molar-refractivity contribution in [1.82, 2.24) is 15.3 Å². The Morgan fingerprint density at radius 1 is 1.06 bits per heavy atom. The van der Waals surface area contributed by atoms with E-state index in [1.54, 1.807) is 0 Å². The summed E-state index contributed by atoms with van der Waals surface area (Å²) in [6, 6.07) is 7.41. The SMILES string of the molecule is COCc1nc2c(C(=O)NCC(C)(C)C)cc(NC(=O)c3ccccc3C(F)(F)F)cc2[nH]1.Cl.